The minimum atomic E-state index is -0.256. The number of hydrogen-bond acceptors (Lipinski definition) is 6. The van der Waals surface area contributed by atoms with Crippen LogP contribution < -0.4 is 25.1 Å². The highest BCUT2D eigenvalue weighted by atomic mass is 16.7. The molecule has 0 saturated heterocycles. The number of rotatable bonds is 7. The van der Waals surface area contributed by atoms with Gasteiger partial charge in [0.15, 0.2) is 11.5 Å². The van der Waals surface area contributed by atoms with E-state index in [4.69, 9.17) is 14.2 Å². The number of carbonyl (C=O) groups excluding carboxylic acids is 1. The van der Waals surface area contributed by atoms with Crippen molar-refractivity contribution in [2.75, 3.05) is 20.4 Å². The third-order valence-corrected chi connectivity index (χ3v) is 4.74. The van der Waals surface area contributed by atoms with Crippen LogP contribution in [0.4, 0.5) is 0 Å². The topological polar surface area (TPSA) is 91.7 Å². The molecule has 0 bridgehead atoms. The maximum atomic E-state index is 12.4. The second-order valence-electron chi connectivity index (χ2n) is 6.77. The third-order valence-electron chi connectivity index (χ3n) is 4.74. The fourth-order valence-electron chi connectivity index (χ4n) is 3.06. The summed E-state index contributed by atoms with van der Waals surface area (Å²) in [5, 5.41) is 2.76. The van der Waals surface area contributed by atoms with Crippen molar-refractivity contribution in [3.8, 4) is 28.5 Å². The van der Waals surface area contributed by atoms with Crippen molar-refractivity contribution in [2.24, 2.45) is 0 Å². The molecule has 0 radical (unpaired) electrons. The molecule has 1 aromatic heterocycles. The van der Waals surface area contributed by atoms with E-state index in [1.807, 2.05) is 36.4 Å². The molecule has 1 amide bonds. The molecule has 0 unspecified atom stereocenters. The number of methoxy groups -OCH3 is 1. The fraction of sp³-hybridized carbons (Fsp3) is 0.174. The zero-order valence-corrected chi connectivity index (χ0v) is 16.9. The Balaban J connectivity index is 1.30. The first kappa shape index (κ1) is 20.2. The van der Waals surface area contributed by atoms with Crippen molar-refractivity contribution in [1.29, 1.82) is 0 Å². The average Bonchev–Trinajstić information content (AvgIpc) is 3.27. The van der Waals surface area contributed by atoms with Crippen LogP contribution in [0.2, 0.25) is 0 Å². The van der Waals surface area contributed by atoms with Crippen LogP contribution in [0.5, 0.6) is 17.2 Å². The van der Waals surface area contributed by atoms with Crippen molar-refractivity contribution in [3.05, 3.63) is 76.9 Å². The molecule has 8 heteroatoms. The molecule has 2 heterocycles. The van der Waals surface area contributed by atoms with Gasteiger partial charge >= 0.3 is 0 Å². The molecule has 158 valence electrons. The van der Waals surface area contributed by atoms with Gasteiger partial charge in [-0.3, -0.25) is 14.2 Å². The molecule has 0 aliphatic carbocycles. The van der Waals surface area contributed by atoms with Crippen molar-refractivity contribution in [2.45, 2.75) is 6.54 Å². The van der Waals surface area contributed by atoms with Gasteiger partial charge in [0.05, 0.1) is 19.1 Å². The summed E-state index contributed by atoms with van der Waals surface area (Å²) in [6.07, 6.45) is 4.61. The SMILES string of the molecule is COc1ccc(-c2cc(=O)n(CCNC(=O)/C=C/c3ccc4c(c3)OCO4)cn2)cc1. The van der Waals surface area contributed by atoms with E-state index in [9.17, 15) is 9.59 Å². The molecule has 2 aromatic carbocycles. The van der Waals surface area contributed by atoms with Gasteiger partial charge in [0.25, 0.3) is 5.56 Å². The predicted octanol–water partition coefficient (Wildman–Crippen LogP) is 2.48. The Kier molecular flexibility index (Phi) is 5.98. The first-order chi connectivity index (χ1) is 15.1. The number of nitrogens with zero attached hydrogens (tertiary/aromatic N) is 2. The summed E-state index contributed by atoms with van der Waals surface area (Å²) in [7, 11) is 1.60. The van der Waals surface area contributed by atoms with E-state index in [1.54, 1.807) is 19.3 Å². The van der Waals surface area contributed by atoms with Crippen molar-refractivity contribution >= 4 is 12.0 Å². The third kappa shape index (κ3) is 4.92. The maximum absolute atomic E-state index is 12.4. The van der Waals surface area contributed by atoms with Gasteiger partial charge in [0, 0.05) is 30.8 Å². The lowest BCUT2D eigenvalue weighted by Gasteiger charge is -2.07. The molecule has 1 N–H and O–H groups in total. The zero-order chi connectivity index (χ0) is 21.6. The number of hydrogen-bond donors (Lipinski definition) is 1. The van der Waals surface area contributed by atoms with Crippen LogP contribution in [0.1, 0.15) is 5.56 Å². The van der Waals surface area contributed by atoms with Gasteiger partial charge in [0.1, 0.15) is 5.75 Å². The van der Waals surface area contributed by atoms with Crippen molar-refractivity contribution in [3.63, 3.8) is 0 Å². The highest BCUT2D eigenvalue weighted by Crippen LogP contribution is 2.32. The summed E-state index contributed by atoms with van der Waals surface area (Å²) in [6.45, 7) is 0.824. The van der Waals surface area contributed by atoms with Gasteiger partial charge in [-0.1, -0.05) is 6.07 Å². The van der Waals surface area contributed by atoms with Gasteiger partial charge in [-0.2, -0.15) is 0 Å². The molecule has 0 saturated carbocycles. The van der Waals surface area contributed by atoms with Crippen molar-refractivity contribution < 1.29 is 19.0 Å². The standard InChI is InChI=1S/C23H21N3O5/c1-29-18-6-4-17(5-7-18)19-13-23(28)26(14-25-19)11-10-24-22(27)9-3-16-2-8-20-21(12-16)31-15-30-20/h2-9,12-14H,10-11,15H2,1H3,(H,24,27)/b9-3+. The summed E-state index contributed by atoms with van der Waals surface area (Å²) >= 11 is 0. The number of ether oxygens (including phenoxy) is 3. The lowest BCUT2D eigenvalue weighted by Crippen LogP contribution is -2.29. The summed E-state index contributed by atoms with van der Waals surface area (Å²) < 4.78 is 17.2. The second-order valence-corrected chi connectivity index (χ2v) is 6.77. The van der Waals surface area contributed by atoms with Crippen LogP contribution in [0.3, 0.4) is 0 Å². The van der Waals surface area contributed by atoms with Crippen LogP contribution in [-0.2, 0) is 11.3 Å². The molecule has 0 atom stereocenters. The van der Waals surface area contributed by atoms with Gasteiger partial charge in [-0.15, -0.1) is 0 Å². The smallest absolute Gasteiger partial charge is 0.253 e. The molecule has 31 heavy (non-hydrogen) atoms. The number of amides is 1. The monoisotopic (exact) mass is 419 g/mol. The van der Waals surface area contributed by atoms with Crippen LogP contribution in [-0.4, -0.2) is 35.9 Å². The lowest BCUT2D eigenvalue weighted by molar-refractivity contribution is -0.116. The average molecular weight is 419 g/mol. The highest BCUT2D eigenvalue weighted by molar-refractivity contribution is 5.91. The van der Waals surface area contributed by atoms with E-state index >= 15 is 0 Å². The molecule has 0 fully saturated rings. The zero-order valence-electron chi connectivity index (χ0n) is 16.9. The minimum absolute atomic E-state index is 0.189. The van der Waals surface area contributed by atoms with Crippen LogP contribution in [0.25, 0.3) is 17.3 Å². The summed E-state index contributed by atoms with van der Waals surface area (Å²) in [5.74, 6) is 1.83. The minimum Gasteiger partial charge on any atom is -0.497 e. The fourth-order valence-corrected chi connectivity index (χ4v) is 3.06. The summed E-state index contributed by atoms with van der Waals surface area (Å²) in [6, 6.07) is 14.2. The first-order valence-electron chi connectivity index (χ1n) is 9.69. The van der Waals surface area contributed by atoms with E-state index in [1.165, 1.54) is 23.0 Å². The number of aromatic nitrogens is 2. The summed E-state index contributed by atoms with van der Waals surface area (Å²) in [4.78, 5) is 28.8. The van der Waals surface area contributed by atoms with Gasteiger partial charge in [-0.25, -0.2) is 4.98 Å². The Morgan fingerprint density at radius 2 is 1.97 bits per heavy atom. The second kappa shape index (κ2) is 9.17. The normalized spacial score (nSPS) is 12.2. The molecule has 1 aliphatic rings. The van der Waals surface area contributed by atoms with E-state index < -0.39 is 0 Å². The predicted molar refractivity (Wildman–Crippen MR) is 115 cm³/mol. The quantitative estimate of drug-likeness (QED) is 0.592. The molecule has 0 spiro atoms. The lowest BCUT2D eigenvalue weighted by atomic mass is 10.1. The maximum Gasteiger partial charge on any atom is 0.253 e. The van der Waals surface area contributed by atoms with E-state index in [-0.39, 0.29) is 18.3 Å². The van der Waals surface area contributed by atoms with Crippen molar-refractivity contribution in [1.82, 2.24) is 14.9 Å². The van der Waals surface area contributed by atoms with Gasteiger partial charge in [-0.05, 0) is 48.0 Å². The summed E-state index contributed by atoms with van der Waals surface area (Å²) in [5.41, 5.74) is 2.05. The van der Waals surface area contributed by atoms with Gasteiger partial charge in [0.2, 0.25) is 12.7 Å². The molecular formula is C23H21N3O5. The van der Waals surface area contributed by atoms with Crippen LogP contribution in [0.15, 0.2) is 65.7 Å². The molecule has 1 aliphatic heterocycles. The van der Waals surface area contributed by atoms with E-state index in [0.29, 0.717) is 30.3 Å². The molecular weight excluding hydrogens is 398 g/mol. The highest BCUT2D eigenvalue weighted by Gasteiger charge is 2.12. The van der Waals surface area contributed by atoms with Gasteiger partial charge < -0.3 is 19.5 Å². The number of benzene rings is 2. The number of fused-ring (bicyclic) bond motifs is 1. The Bertz CT molecular complexity index is 1170. The Hall–Kier alpha value is -4.07. The largest absolute Gasteiger partial charge is 0.497 e. The number of carbonyl (C=O) groups is 1. The van der Waals surface area contributed by atoms with Crippen LogP contribution in [0, 0.1) is 0 Å². The molecule has 8 nitrogen and oxygen atoms in total. The van der Waals surface area contributed by atoms with E-state index in [2.05, 4.69) is 10.3 Å². The first-order valence-corrected chi connectivity index (χ1v) is 9.69. The number of nitrogens with one attached hydrogen (secondary N) is 1. The Labute approximate surface area is 178 Å². The van der Waals surface area contributed by atoms with Crippen LogP contribution >= 0.6 is 0 Å². The Morgan fingerprint density at radius 3 is 2.74 bits per heavy atom. The molecule has 4 rings (SSSR count). The van der Waals surface area contributed by atoms with E-state index in [0.717, 1.165) is 16.9 Å². The Morgan fingerprint density at radius 1 is 1.16 bits per heavy atom. The molecule has 3 aromatic rings.